The molecule has 0 spiro atoms. The van der Waals surface area contributed by atoms with Gasteiger partial charge in [-0.05, 0) is 57.2 Å². The van der Waals surface area contributed by atoms with E-state index in [1.807, 2.05) is 45.0 Å². The lowest BCUT2D eigenvalue weighted by atomic mass is 10.0. The fraction of sp³-hybridized carbons (Fsp3) is 0.423. The molecule has 4 rings (SSSR count). The van der Waals surface area contributed by atoms with Gasteiger partial charge in [-0.1, -0.05) is 6.57 Å². The first-order valence-corrected chi connectivity index (χ1v) is 11.6. The summed E-state index contributed by atoms with van der Waals surface area (Å²) >= 11 is 0. The van der Waals surface area contributed by atoms with Gasteiger partial charge in [0, 0.05) is 39.2 Å². The molecule has 0 radical (unpaired) electrons. The zero-order chi connectivity index (χ0) is 24.2. The number of anilines is 1. The quantitative estimate of drug-likeness (QED) is 0.487. The Balaban J connectivity index is 1.58. The monoisotopic (exact) mass is 462 g/mol. The Hall–Kier alpha value is -3.57. The van der Waals surface area contributed by atoms with Crippen molar-refractivity contribution >= 4 is 22.5 Å². The molecule has 8 nitrogen and oxygen atoms in total. The number of piperidine rings is 1. The standard InChI is InChI=1S/C26H30N4O4/c1-6-32-23-16-30(14-13-22(23)34-19-9-7-18(8-10-19)33-17(2)3)21-15-25(31)29(5)20-11-12-24(27-4)28-26(20)21/h7-12,15,17,22-23H,6,13-14,16H2,1-3,5H3/t22-,23-/m0/s1. The van der Waals surface area contributed by atoms with Crippen molar-refractivity contribution in [2.45, 2.75) is 45.5 Å². The summed E-state index contributed by atoms with van der Waals surface area (Å²) in [6.45, 7) is 15.1. The Labute approximate surface area is 199 Å². The third-order valence-electron chi connectivity index (χ3n) is 5.87. The predicted octanol–water partition coefficient (Wildman–Crippen LogP) is 4.33. The van der Waals surface area contributed by atoms with Crippen LogP contribution in [0.4, 0.5) is 11.5 Å². The summed E-state index contributed by atoms with van der Waals surface area (Å²) in [4.78, 5) is 22.7. The van der Waals surface area contributed by atoms with Crippen LogP contribution < -0.4 is 19.9 Å². The summed E-state index contributed by atoms with van der Waals surface area (Å²) in [6, 6.07) is 12.7. The number of nitrogens with zero attached hydrogens (tertiary/aromatic N) is 4. The van der Waals surface area contributed by atoms with Crippen molar-refractivity contribution in [3.63, 3.8) is 0 Å². The molecule has 1 aromatic carbocycles. The van der Waals surface area contributed by atoms with Gasteiger partial charge in [-0.3, -0.25) is 4.79 Å². The summed E-state index contributed by atoms with van der Waals surface area (Å²) in [7, 11) is 1.72. The minimum atomic E-state index is -0.187. The number of aryl methyl sites for hydroxylation is 1. The molecule has 2 aromatic heterocycles. The number of hydrogen-bond acceptors (Lipinski definition) is 6. The van der Waals surface area contributed by atoms with E-state index >= 15 is 0 Å². The first-order chi connectivity index (χ1) is 16.4. The van der Waals surface area contributed by atoms with Gasteiger partial charge < -0.3 is 28.5 Å². The van der Waals surface area contributed by atoms with E-state index in [4.69, 9.17) is 20.8 Å². The van der Waals surface area contributed by atoms with E-state index in [0.29, 0.717) is 43.0 Å². The second-order valence-corrected chi connectivity index (χ2v) is 8.60. The minimum Gasteiger partial charge on any atom is -0.491 e. The average Bonchev–Trinajstić information content (AvgIpc) is 2.83. The number of fused-ring (bicyclic) bond motifs is 1. The highest BCUT2D eigenvalue weighted by Crippen LogP contribution is 2.30. The van der Waals surface area contributed by atoms with Crippen molar-refractivity contribution in [3.05, 3.63) is 64.2 Å². The number of hydrogen-bond donors (Lipinski definition) is 0. The maximum atomic E-state index is 12.6. The van der Waals surface area contributed by atoms with Crippen LogP contribution >= 0.6 is 0 Å². The van der Waals surface area contributed by atoms with Crippen LogP contribution in [0, 0.1) is 6.57 Å². The third kappa shape index (κ3) is 5.00. The lowest BCUT2D eigenvalue weighted by Gasteiger charge is -2.39. The van der Waals surface area contributed by atoms with E-state index in [1.54, 1.807) is 29.8 Å². The maximum absolute atomic E-state index is 12.6. The molecule has 0 aliphatic carbocycles. The molecule has 0 unspecified atom stereocenters. The van der Waals surface area contributed by atoms with Crippen molar-refractivity contribution in [3.8, 4) is 11.5 Å². The van der Waals surface area contributed by atoms with Crippen LogP contribution in [0.2, 0.25) is 0 Å². The second kappa shape index (κ2) is 10.1. The van der Waals surface area contributed by atoms with Gasteiger partial charge in [-0.2, -0.15) is 0 Å². The van der Waals surface area contributed by atoms with E-state index < -0.39 is 0 Å². The number of benzene rings is 1. The van der Waals surface area contributed by atoms with Crippen molar-refractivity contribution in [2.24, 2.45) is 7.05 Å². The second-order valence-electron chi connectivity index (χ2n) is 8.60. The molecule has 3 aromatic rings. The first-order valence-electron chi connectivity index (χ1n) is 11.6. The van der Waals surface area contributed by atoms with Crippen LogP contribution in [0.1, 0.15) is 27.2 Å². The zero-order valence-corrected chi connectivity index (χ0v) is 20.0. The van der Waals surface area contributed by atoms with Crippen LogP contribution in [0.25, 0.3) is 15.9 Å². The van der Waals surface area contributed by atoms with Crippen molar-refractivity contribution in [2.75, 3.05) is 24.6 Å². The minimum absolute atomic E-state index is 0.115. The number of rotatable bonds is 7. The van der Waals surface area contributed by atoms with E-state index in [1.165, 1.54) is 0 Å². The zero-order valence-electron chi connectivity index (χ0n) is 20.0. The molecule has 0 saturated carbocycles. The fourth-order valence-corrected chi connectivity index (χ4v) is 4.27. The summed E-state index contributed by atoms with van der Waals surface area (Å²) in [6.07, 6.45) is 0.518. The fourth-order valence-electron chi connectivity index (χ4n) is 4.27. The highest BCUT2D eigenvalue weighted by Gasteiger charge is 2.33. The van der Waals surface area contributed by atoms with Crippen LogP contribution in [0.15, 0.2) is 47.3 Å². The summed E-state index contributed by atoms with van der Waals surface area (Å²) in [5.41, 5.74) is 1.95. The van der Waals surface area contributed by atoms with Gasteiger partial charge in [0.25, 0.3) is 11.4 Å². The molecule has 1 aliphatic rings. The molecular formula is C26H30N4O4. The SMILES string of the molecule is [C-]#[N+]c1ccc2c(n1)c(N1CC[C@H](Oc3ccc(OC(C)C)cc3)[C@@H](OCC)C1)cc(=O)n2C. The van der Waals surface area contributed by atoms with E-state index in [2.05, 4.69) is 14.7 Å². The van der Waals surface area contributed by atoms with Gasteiger partial charge in [0.1, 0.15) is 23.7 Å². The van der Waals surface area contributed by atoms with Crippen molar-refractivity contribution < 1.29 is 14.2 Å². The topological polar surface area (TPSA) is 70.2 Å². The van der Waals surface area contributed by atoms with Crippen LogP contribution in [-0.4, -0.2) is 47.6 Å². The third-order valence-corrected chi connectivity index (χ3v) is 5.87. The van der Waals surface area contributed by atoms with Crippen molar-refractivity contribution in [1.82, 2.24) is 9.55 Å². The highest BCUT2D eigenvalue weighted by molar-refractivity contribution is 5.89. The first kappa shape index (κ1) is 23.6. The lowest BCUT2D eigenvalue weighted by molar-refractivity contribution is -0.0280. The Morgan fingerprint density at radius 2 is 1.88 bits per heavy atom. The Morgan fingerprint density at radius 1 is 1.15 bits per heavy atom. The van der Waals surface area contributed by atoms with Crippen LogP contribution in [0.3, 0.4) is 0 Å². The summed E-state index contributed by atoms with van der Waals surface area (Å²) < 4.78 is 19.6. The van der Waals surface area contributed by atoms with E-state index in [-0.39, 0.29) is 23.9 Å². The molecule has 1 aliphatic heterocycles. The van der Waals surface area contributed by atoms with E-state index in [9.17, 15) is 4.79 Å². The highest BCUT2D eigenvalue weighted by atomic mass is 16.5. The Kier molecular flexibility index (Phi) is 7.03. The average molecular weight is 463 g/mol. The van der Waals surface area contributed by atoms with Gasteiger partial charge in [0.2, 0.25) is 5.52 Å². The molecule has 3 heterocycles. The summed E-state index contributed by atoms with van der Waals surface area (Å²) in [5.74, 6) is 1.88. The molecule has 8 heteroatoms. The van der Waals surface area contributed by atoms with Crippen LogP contribution in [0.5, 0.6) is 11.5 Å². The molecule has 1 fully saturated rings. The normalized spacial score (nSPS) is 18.2. The molecule has 0 N–H and O–H groups in total. The maximum Gasteiger partial charge on any atom is 0.270 e. The molecular weight excluding hydrogens is 432 g/mol. The number of pyridine rings is 2. The molecule has 178 valence electrons. The largest absolute Gasteiger partial charge is 0.491 e. The molecule has 0 bridgehead atoms. The Morgan fingerprint density at radius 3 is 2.56 bits per heavy atom. The van der Waals surface area contributed by atoms with Crippen molar-refractivity contribution in [1.29, 1.82) is 0 Å². The molecule has 34 heavy (non-hydrogen) atoms. The van der Waals surface area contributed by atoms with Crippen LogP contribution in [-0.2, 0) is 11.8 Å². The van der Waals surface area contributed by atoms with Gasteiger partial charge in [-0.15, -0.1) is 4.98 Å². The number of ether oxygens (including phenoxy) is 3. The lowest BCUT2D eigenvalue weighted by Crippen LogP contribution is -2.50. The summed E-state index contributed by atoms with van der Waals surface area (Å²) in [5, 5.41) is 0. The smallest absolute Gasteiger partial charge is 0.270 e. The van der Waals surface area contributed by atoms with Gasteiger partial charge in [0.05, 0.1) is 17.3 Å². The van der Waals surface area contributed by atoms with E-state index in [0.717, 1.165) is 17.2 Å². The molecule has 1 saturated heterocycles. The van der Waals surface area contributed by atoms with Gasteiger partial charge in [-0.25, -0.2) is 0 Å². The van der Waals surface area contributed by atoms with Gasteiger partial charge in [0.15, 0.2) is 0 Å². The molecule has 2 atom stereocenters. The van der Waals surface area contributed by atoms with Gasteiger partial charge >= 0.3 is 0 Å². The Bertz CT molecular complexity index is 1250. The number of aromatic nitrogens is 2. The molecule has 0 amide bonds. The predicted molar refractivity (Wildman–Crippen MR) is 132 cm³/mol.